The van der Waals surface area contributed by atoms with Crippen LogP contribution in [-0.4, -0.2) is 32.6 Å². The number of benzene rings is 1. The molecule has 2 aliphatic carbocycles. The summed E-state index contributed by atoms with van der Waals surface area (Å²) in [7, 11) is 0. The summed E-state index contributed by atoms with van der Waals surface area (Å²) in [6.07, 6.45) is 13.8. The second-order valence-corrected chi connectivity index (χ2v) is 10.9. The highest BCUT2D eigenvalue weighted by Crippen LogP contribution is 2.39. The van der Waals surface area contributed by atoms with E-state index in [0.29, 0.717) is 6.04 Å². The van der Waals surface area contributed by atoms with Crippen molar-refractivity contribution < 1.29 is 9.18 Å². The third-order valence-corrected chi connectivity index (χ3v) is 8.46. The quantitative estimate of drug-likeness (QED) is 0.436. The summed E-state index contributed by atoms with van der Waals surface area (Å²) in [5.74, 6) is -0.153. The number of carbonyl (C=O) groups is 1. The summed E-state index contributed by atoms with van der Waals surface area (Å²) in [6, 6.07) is 9.34. The number of thioether (sulfide) groups is 1. The second kappa shape index (κ2) is 10.1. The molecule has 0 bridgehead atoms. The fraction of sp³-hybridized carbons (Fsp3) is 0.500. The zero-order chi connectivity index (χ0) is 23.7. The van der Waals surface area contributed by atoms with E-state index in [1.54, 1.807) is 23.9 Å². The molecular weight excluding hydrogens is 445 g/mol. The molecule has 2 saturated carbocycles. The monoisotopic (exact) mass is 479 g/mol. The highest BCUT2D eigenvalue weighted by Gasteiger charge is 2.39. The molecule has 34 heavy (non-hydrogen) atoms. The fourth-order valence-corrected chi connectivity index (χ4v) is 6.79. The Hall–Kier alpha value is -2.34. The van der Waals surface area contributed by atoms with Crippen molar-refractivity contribution in [2.45, 2.75) is 90.1 Å². The van der Waals surface area contributed by atoms with Gasteiger partial charge >= 0.3 is 0 Å². The molecule has 2 heterocycles. The van der Waals surface area contributed by atoms with Gasteiger partial charge in [0.1, 0.15) is 5.82 Å². The van der Waals surface area contributed by atoms with Crippen LogP contribution >= 0.6 is 11.8 Å². The molecule has 3 aliphatic rings. The lowest BCUT2D eigenvalue weighted by atomic mass is 9.94. The third-order valence-electron chi connectivity index (χ3n) is 7.47. The molecule has 1 aliphatic heterocycles. The topological polar surface area (TPSA) is 37.6 Å². The minimum absolute atomic E-state index is 0.0991. The van der Waals surface area contributed by atoms with E-state index in [-0.39, 0.29) is 17.8 Å². The van der Waals surface area contributed by atoms with Crippen molar-refractivity contribution in [3.63, 3.8) is 0 Å². The summed E-state index contributed by atoms with van der Waals surface area (Å²) < 4.78 is 15.9. The van der Waals surface area contributed by atoms with Gasteiger partial charge in [-0.25, -0.2) is 4.39 Å². The van der Waals surface area contributed by atoms with Crippen molar-refractivity contribution in [2.24, 2.45) is 4.99 Å². The first-order valence-electron chi connectivity index (χ1n) is 12.8. The van der Waals surface area contributed by atoms with Gasteiger partial charge in [0.15, 0.2) is 5.17 Å². The van der Waals surface area contributed by atoms with E-state index < -0.39 is 0 Å². The number of carbonyl (C=O) groups excluding carboxylic acids is 1. The Bertz CT molecular complexity index is 1120. The Morgan fingerprint density at radius 1 is 1.00 bits per heavy atom. The minimum atomic E-state index is -0.252. The van der Waals surface area contributed by atoms with Gasteiger partial charge in [0.25, 0.3) is 5.91 Å². The standard InChI is InChI=1S/C28H34FN3OS/c1-19-16-21(20(2)31(19)25-15-9-10-22(29)18-25)17-26-27(33)32(24-13-7-4-8-14-24)28(34-26)30-23-11-5-3-6-12-23/h9-10,15-18,23-24H,3-8,11-14H2,1-2H3. The van der Waals surface area contributed by atoms with Gasteiger partial charge in [-0.05, 0) is 87.2 Å². The Morgan fingerprint density at radius 3 is 2.41 bits per heavy atom. The predicted molar refractivity (Wildman–Crippen MR) is 139 cm³/mol. The lowest BCUT2D eigenvalue weighted by molar-refractivity contribution is -0.124. The molecule has 0 spiro atoms. The molecule has 2 aromatic rings. The molecule has 5 rings (SSSR count). The first kappa shape index (κ1) is 23.4. The Morgan fingerprint density at radius 2 is 1.71 bits per heavy atom. The molecule has 0 N–H and O–H groups in total. The largest absolute Gasteiger partial charge is 0.318 e. The maximum Gasteiger partial charge on any atom is 0.267 e. The van der Waals surface area contributed by atoms with E-state index in [4.69, 9.17) is 4.99 Å². The first-order valence-corrected chi connectivity index (χ1v) is 13.6. The van der Waals surface area contributed by atoms with Crippen molar-refractivity contribution >= 4 is 28.9 Å². The summed E-state index contributed by atoms with van der Waals surface area (Å²) in [4.78, 5) is 21.6. The average Bonchev–Trinajstić information content (AvgIpc) is 3.29. The second-order valence-electron chi connectivity index (χ2n) is 9.92. The molecule has 6 heteroatoms. The van der Waals surface area contributed by atoms with Gasteiger partial charge in [-0.15, -0.1) is 0 Å². The van der Waals surface area contributed by atoms with Crippen molar-refractivity contribution in [3.05, 3.63) is 58.0 Å². The number of amides is 1. The van der Waals surface area contributed by atoms with Crippen LogP contribution in [0.2, 0.25) is 0 Å². The number of hydrogen-bond donors (Lipinski definition) is 0. The zero-order valence-electron chi connectivity index (χ0n) is 20.2. The molecule has 1 amide bonds. The van der Waals surface area contributed by atoms with Gasteiger partial charge in [0.2, 0.25) is 0 Å². The van der Waals surface area contributed by atoms with Gasteiger partial charge in [-0.1, -0.05) is 44.6 Å². The summed E-state index contributed by atoms with van der Waals surface area (Å²) in [6.45, 7) is 4.05. The molecule has 180 valence electrons. The van der Waals surface area contributed by atoms with Crippen LogP contribution in [0.1, 0.15) is 81.2 Å². The zero-order valence-corrected chi connectivity index (χ0v) is 21.0. The van der Waals surface area contributed by atoms with E-state index in [9.17, 15) is 9.18 Å². The summed E-state index contributed by atoms with van der Waals surface area (Å²) in [5, 5.41) is 0.911. The third kappa shape index (κ3) is 4.74. The number of halogens is 1. The number of aliphatic imine (C=N–C) groups is 1. The number of nitrogens with zero attached hydrogens (tertiary/aromatic N) is 3. The van der Waals surface area contributed by atoms with Gasteiger partial charge in [-0.3, -0.25) is 14.7 Å². The van der Waals surface area contributed by atoms with Gasteiger partial charge < -0.3 is 4.57 Å². The fourth-order valence-electron chi connectivity index (χ4n) is 5.69. The number of aryl methyl sites for hydroxylation is 1. The molecule has 0 unspecified atom stereocenters. The minimum Gasteiger partial charge on any atom is -0.318 e. The van der Waals surface area contributed by atoms with Gasteiger partial charge in [0.05, 0.1) is 10.9 Å². The normalized spacial score (nSPS) is 22.9. The molecule has 1 aromatic carbocycles. The van der Waals surface area contributed by atoms with Gasteiger partial charge in [0, 0.05) is 23.1 Å². The van der Waals surface area contributed by atoms with E-state index in [1.165, 1.54) is 44.6 Å². The van der Waals surface area contributed by atoms with Crippen LogP contribution in [0.5, 0.6) is 0 Å². The highest BCUT2D eigenvalue weighted by molar-refractivity contribution is 8.18. The molecular formula is C28H34FN3OS. The summed E-state index contributed by atoms with van der Waals surface area (Å²) in [5.41, 5.74) is 3.82. The lowest BCUT2D eigenvalue weighted by Gasteiger charge is -2.31. The van der Waals surface area contributed by atoms with Crippen LogP contribution < -0.4 is 0 Å². The highest BCUT2D eigenvalue weighted by atomic mass is 32.2. The van der Waals surface area contributed by atoms with E-state index in [2.05, 4.69) is 10.6 Å². The molecule has 1 saturated heterocycles. The number of rotatable bonds is 4. The van der Waals surface area contributed by atoms with Crippen molar-refractivity contribution in [1.29, 1.82) is 0 Å². The lowest BCUT2D eigenvalue weighted by Crippen LogP contribution is -2.41. The first-order chi connectivity index (χ1) is 16.5. The van der Waals surface area contributed by atoms with Crippen molar-refractivity contribution in [1.82, 2.24) is 9.47 Å². The SMILES string of the molecule is Cc1cc(C=C2SC(=NC3CCCCC3)N(C3CCCCC3)C2=O)c(C)n1-c1cccc(F)c1. The number of hydrogen-bond acceptors (Lipinski definition) is 3. The van der Waals surface area contributed by atoms with Crippen LogP contribution in [-0.2, 0) is 4.79 Å². The maximum absolute atomic E-state index is 13.9. The van der Waals surface area contributed by atoms with Crippen LogP contribution in [0.4, 0.5) is 4.39 Å². The number of aromatic nitrogens is 1. The van der Waals surface area contributed by atoms with E-state index in [0.717, 1.165) is 58.4 Å². The van der Waals surface area contributed by atoms with Crippen LogP contribution in [0, 0.1) is 19.7 Å². The van der Waals surface area contributed by atoms with E-state index in [1.807, 2.05) is 30.9 Å². The summed E-state index contributed by atoms with van der Waals surface area (Å²) >= 11 is 1.55. The Balaban J connectivity index is 1.48. The van der Waals surface area contributed by atoms with Gasteiger partial charge in [-0.2, -0.15) is 0 Å². The van der Waals surface area contributed by atoms with Crippen LogP contribution in [0.15, 0.2) is 40.2 Å². The van der Waals surface area contributed by atoms with Crippen LogP contribution in [0.25, 0.3) is 11.8 Å². The molecule has 0 atom stereocenters. The predicted octanol–water partition coefficient (Wildman–Crippen LogP) is 7.17. The molecule has 0 radical (unpaired) electrons. The molecule has 3 fully saturated rings. The maximum atomic E-state index is 13.9. The van der Waals surface area contributed by atoms with Crippen molar-refractivity contribution in [2.75, 3.05) is 0 Å². The Labute approximate surface area is 206 Å². The smallest absolute Gasteiger partial charge is 0.267 e. The number of amidine groups is 1. The van der Waals surface area contributed by atoms with E-state index >= 15 is 0 Å². The van der Waals surface area contributed by atoms with Crippen molar-refractivity contribution in [3.8, 4) is 5.69 Å². The molecule has 1 aromatic heterocycles. The average molecular weight is 480 g/mol. The molecule has 4 nitrogen and oxygen atoms in total. The van der Waals surface area contributed by atoms with Crippen LogP contribution in [0.3, 0.4) is 0 Å². The Kier molecular flexibility index (Phi) is 6.96.